The third-order valence-corrected chi connectivity index (χ3v) is 3.22. The van der Waals surface area contributed by atoms with Gasteiger partial charge in [-0.15, -0.1) is 10.2 Å². The highest BCUT2D eigenvalue weighted by atomic mass is 19.1. The maximum Gasteiger partial charge on any atom is 0.335 e. The number of hydrogen-bond donors (Lipinski definition) is 1. The van der Waals surface area contributed by atoms with E-state index in [9.17, 15) is 13.6 Å². The fourth-order valence-corrected chi connectivity index (χ4v) is 2.25. The molecule has 104 valence electrons. The van der Waals surface area contributed by atoms with Crippen LogP contribution in [0.1, 0.15) is 16.2 Å². The highest BCUT2D eigenvalue weighted by molar-refractivity contribution is 5.88. The zero-order chi connectivity index (χ0) is 14.3. The molecule has 0 amide bonds. The summed E-state index contributed by atoms with van der Waals surface area (Å²) in [4.78, 5) is 12.2. The zero-order valence-corrected chi connectivity index (χ0v) is 10.3. The summed E-state index contributed by atoms with van der Waals surface area (Å²) in [5.41, 5.74) is -0.645. The normalized spacial score (nSPS) is 14.2. The van der Waals surface area contributed by atoms with Crippen molar-refractivity contribution in [1.82, 2.24) is 14.8 Å². The Morgan fingerprint density at radius 2 is 1.95 bits per heavy atom. The number of carboxylic acids is 1. The molecule has 0 saturated heterocycles. The van der Waals surface area contributed by atoms with Gasteiger partial charge in [-0.1, -0.05) is 0 Å². The van der Waals surface area contributed by atoms with E-state index in [4.69, 9.17) is 5.11 Å². The molecule has 3 rings (SSSR count). The Kier molecular flexibility index (Phi) is 2.85. The molecule has 6 nitrogen and oxygen atoms in total. The summed E-state index contributed by atoms with van der Waals surface area (Å²) in [6, 6.07) is 1.64. The summed E-state index contributed by atoms with van der Waals surface area (Å²) in [6.07, 6.45) is 1.56. The molecule has 0 spiro atoms. The topological polar surface area (TPSA) is 71.2 Å². The summed E-state index contributed by atoms with van der Waals surface area (Å²) in [5.74, 6) is -2.55. The van der Waals surface area contributed by atoms with Crippen LogP contribution in [0.4, 0.5) is 14.5 Å². The number of hydrogen-bond acceptors (Lipinski definition) is 4. The Morgan fingerprint density at radius 1 is 1.25 bits per heavy atom. The van der Waals surface area contributed by atoms with Crippen molar-refractivity contribution in [1.29, 1.82) is 0 Å². The molecule has 0 radical (unpaired) electrons. The smallest absolute Gasteiger partial charge is 0.335 e. The van der Waals surface area contributed by atoms with Crippen LogP contribution >= 0.6 is 0 Å². The fourth-order valence-electron chi connectivity index (χ4n) is 2.25. The van der Waals surface area contributed by atoms with Crippen LogP contribution in [-0.4, -0.2) is 32.4 Å². The minimum Gasteiger partial charge on any atom is -0.478 e. The molecule has 1 aliphatic heterocycles. The zero-order valence-electron chi connectivity index (χ0n) is 10.3. The molecule has 8 heteroatoms. The number of nitrogens with zero attached hydrogens (tertiary/aromatic N) is 4. The van der Waals surface area contributed by atoms with E-state index >= 15 is 0 Å². The van der Waals surface area contributed by atoms with Crippen molar-refractivity contribution in [2.24, 2.45) is 0 Å². The van der Waals surface area contributed by atoms with E-state index < -0.39 is 23.2 Å². The second-order valence-electron chi connectivity index (χ2n) is 4.46. The number of fused-ring (bicyclic) bond motifs is 1. The average Bonchev–Trinajstić information content (AvgIpc) is 2.85. The van der Waals surface area contributed by atoms with E-state index in [1.807, 2.05) is 0 Å². The lowest BCUT2D eigenvalue weighted by Gasteiger charge is -2.29. The molecule has 0 aliphatic carbocycles. The molecule has 0 bridgehead atoms. The minimum atomic E-state index is -1.37. The molecule has 0 unspecified atom stereocenters. The second-order valence-corrected chi connectivity index (χ2v) is 4.46. The van der Waals surface area contributed by atoms with Gasteiger partial charge in [-0.25, -0.2) is 13.6 Å². The van der Waals surface area contributed by atoms with Crippen LogP contribution in [0.2, 0.25) is 0 Å². The van der Waals surface area contributed by atoms with Gasteiger partial charge in [-0.3, -0.25) is 0 Å². The van der Waals surface area contributed by atoms with Crippen molar-refractivity contribution in [3.8, 4) is 0 Å². The third kappa shape index (κ3) is 1.98. The van der Waals surface area contributed by atoms with Gasteiger partial charge in [0.2, 0.25) is 0 Å². The van der Waals surface area contributed by atoms with Gasteiger partial charge >= 0.3 is 5.97 Å². The average molecular weight is 280 g/mol. The molecule has 2 heterocycles. The second kappa shape index (κ2) is 4.55. The van der Waals surface area contributed by atoms with Crippen molar-refractivity contribution >= 4 is 11.7 Å². The van der Waals surface area contributed by atoms with E-state index in [1.54, 1.807) is 10.9 Å². The largest absolute Gasteiger partial charge is 0.478 e. The molecule has 0 fully saturated rings. The Morgan fingerprint density at radius 3 is 2.60 bits per heavy atom. The third-order valence-electron chi connectivity index (χ3n) is 3.22. The molecule has 0 atom stereocenters. The Hall–Kier alpha value is -2.51. The lowest BCUT2D eigenvalue weighted by Crippen LogP contribution is -2.34. The number of carbonyl (C=O) groups is 1. The van der Waals surface area contributed by atoms with E-state index in [2.05, 4.69) is 10.2 Å². The number of aromatic nitrogens is 3. The van der Waals surface area contributed by atoms with Crippen molar-refractivity contribution in [3.05, 3.63) is 41.5 Å². The lowest BCUT2D eigenvalue weighted by molar-refractivity contribution is 0.0695. The van der Waals surface area contributed by atoms with Gasteiger partial charge < -0.3 is 14.6 Å². The van der Waals surface area contributed by atoms with Crippen LogP contribution in [0.3, 0.4) is 0 Å². The number of rotatable bonds is 2. The number of anilines is 1. The highest BCUT2D eigenvalue weighted by Crippen LogP contribution is 2.27. The van der Waals surface area contributed by atoms with Crippen molar-refractivity contribution < 1.29 is 18.7 Å². The molecule has 0 saturated carbocycles. The first-order valence-corrected chi connectivity index (χ1v) is 5.90. The fraction of sp³-hybridized carbons (Fsp3) is 0.250. The van der Waals surface area contributed by atoms with Gasteiger partial charge in [-0.2, -0.15) is 0 Å². The van der Waals surface area contributed by atoms with Gasteiger partial charge in [-0.05, 0) is 12.1 Å². The Bertz CT molecular complexity index is 663. The van der Waals surface area contributed by atoms with Crippen LogP contribution in [0.15, 0.2) is 18.5 Å². The van der Waals surface area contributed by atoms with E-state index in [1.165, 1.54) is 4.90 Å². The highest BCUT2D eigenvalue weighted by Gasteiger charge is 2.24. The number of halogens is 2. The molecule has 20 heavy (non-hydrogen) atoms. The van der Waals surface area contributed by atoms with Crippen LogP contribution in [0.25, 0.3) is 0 Å². The standard InChI is InChI=1S/C12H10F2N4O2/c13-8-3-7(12(19)20)4-9(14)11(8)17-1-2-18-6-15-16-10(18)5-17/h3-4,6H,1-2,5H2,(H,19,20). The Labute approximate surface area is 112 Å². The Balaban J connectivity index is 1.97. The molecule has 2 aromatic rings. The predicted molar refractivity (Wildman–Crippen MR) is 64.4 cm³/mol. The van der Waals surface area contributed by atoms with Gasteiger partial charge in [0.15, 0.2) is 5.82 Å². The molecule has 1 aromatic carbocycles. The first-order chi connectivity index (χ1) is 9.56. The van der Waals surface area contributed by atoms with E-state index in [0.717, 1.165) is 12.1 Å². The van der Waals surface area contributed by atoms with E-state index in [-0.39, 0.29) is 12.2 Å². The predicted octanol–water partition coefficient (Wildman–Crippen LogP) is 1.27. The van der Waals surface area contributed by atoms with Crippen molar-refractivity contribution in [3.63, 3.8) is 0 Å². The summed E-state index contributed by atoms with van der Waals surface area (Å²) in [5, 5.41) is 16.4. The monoisotopic (exact) mass is 280 g/mol. The number of benzene rings is 1. The number of carboxylic acid groups (broad SMARTS) is 1. The molecule has 1 aromatic heterocycles. The molecular formula is C12H10F2N4O2. The van der Waals surface area contributed by atoms with Crippen molar-refractivity contribution in [2.45, 2.75) is 13.1 Å². The first-order valence-electron chi connectivity index (χ1n) is 5.90. The van der Waals surface area contributed by atoms with Crippen LogP contribution < -0.4 is 4.90 Å². The summed E-state index contributed by atoms with van der Waals surface area (Å²) in [6.45, 7) is 1.13. The maximum absolute atomic E-state index is 14.0. The van der Waals surface area contributed by atoms with Gasteiger partial charge in [0.1, 0.15) is 23.6 Å². The van der Waals surface area contributed by atoms with Gasteiger partial charge in [0.25, 0.3) is 0 Å². The molecule has 1 N–H and O–H groups in total. The van der Waals surface area contributed by atoms with Gasteiger partial charge in [0, 0.05) is 13.1 Å². The van der Waals surface area contributed by atoms with Crippen LogP contribution in [0.5, 0.6) is 0 Å². The SMILES string of the molecule is O=C(O)c1cc(F)c(N2CCn3cnnc3C2)c(F)c1. The molecular weight excluding hydrogens is 270 g/mol. The quantitative estimate of drug-likeness (QED) is 0.897. The van der Waals surface area contributed by atoms with Crippen LogP contribution in [0, 0.1) is 11.6 Å². The van der Waals surface area contributed by atoms with Crippen molar-refractivity contribution in [2.75, 3.05) is 11.4 Å². The molecule has 1 aliphatic rings. The summed E-state index contributed by atoms with van der Waals surface area (Å²) < 4.78 is 29.7. The summed E-state index contributed by atoms with van der Waals surface area (Å²) in [7, 11) is 0. The van der Waals surface area contributed by atoms with E-state index in [0.29, 0.717) is 18.9 Å². The van der Waals surface area contributed by atoms with Crippen LogP contribution in [-0.2, 0) is 13.1 Å². The van der Waals surface area contributed by atoms with Gasteiger partial charge in [0.05, 0.1) is 12.1 Å². The number of aromatic carboxylic acids is 1. The minimum absolute atomic E-state index is 0.222. The first kappa shape index (κ1) is 12.5. The lowest BCUT2D eigenvalue weighted by atomic mass is 10.1. The summed E-state index contributed by atoms with van der Waals surface area (Å²) >= 11 is 0. The maximum atomic E-state index is 14.0.